The van der Waals surface area contributed by atoms with E-state index < -0.39 is 0 Å². The monoisotopic (exact) mass is 286 g/mol. The Balaban J connectivity index is 2.39. The summed E-state index contributed by atoms with van der Waals surface area (Å²) in [4.78, 5) is 0.312. The van der Waals surface area contributed by atoms with Crippen molar-refractivity contribution in [2.24, 2.45) is 11.7 Å². The zero-order chi connectivity index (χ0) is 13.5. The summed E-state index contributed by atoms with van der Waals surface area (Å²) >= 11 is 11.0. The van der Waals surface area contributed by atoms with Gasteiger partial charge in [0.05, 0.1) is 11.6 Å². The molecule has 0 spiro atoms. The Morgan fingerprint density at radius 1 is 1.50 bits per heavy atom. The van der Waals surface area contributed by atoms with Crippen molar-refractivity contribution in [3.63, 3.8) is 0 Å². The molecule has 0 aliphatic heterocycles. The van der Waals surface area contributed by atoms with Crippen LogP contribution in [0.2, 0.25) is 5.02 Å². The Bertz CT molecular complexity index is 410. The molecule has 18 heavy (non-hydrogen) atoms. The number of hydrogen-bond donors (Lipinski definition) is 2. The molecule has 0 heterocycles. The van der Waals surface area contributed by atoms with Crippen LogP contribution < -0.4 is 11.1 Å². The normalized spacial score (nSPS) is 10.7. The summed E-state index contributed by atoms with van der Waals surface area (Å²) in [7, 11) is 0. The number of nitrogens with two attached hydrogens (primary N) is 1. The summed E-state index contributed by atoms with van der Waals surface area (Å²) in [6.45, 7) is 6.45. The highest BCUT2D eigenvalue weighted by atomic mass is 35.5. The first-order valence-corrected chi connectivity index (χ1v) is 6.70. The number of ether oxygens (including phenoxy) is 1. The summed E-state index contributed by atoms with van der Waals surface area (Å²) < 4.78 is 5.47. The Morgan fingerprint density at radius 2 is 2.22 bits per heavy atom. The molecule has 0 radical (unpaired) electrons. The molecule has 0 saturated heterocycles. The largest absolute Gasteiger partial charge is 0.389 e. The van der Waals surface area contributed by atoms with E-state index in [0.717, 1.165) is 18.8 Å². The third-order valence-electron chi connectivity index (χ3n) is 2.26. The quantitative estimate of drug-likeness (QED) is 0.597. The second-order valence-electron chi connectivity index (χ2n) is 4.45. The minimum Gasteiger partial charge on any atom is -0.389 e. The van der Waals surface area contributed by atoms with Crippen molar-refractivity contribution in [3.8, 4) is 0 Å². The first kappa shape index (κ1) is 15.2. The van der Waals surface area contributed by atoms with Crippen molar-refractivity contribution >= 4 is 34.5 Å². The van der Waals surface area contributed by atoms with Crippen molar-refractivity contribution in [1.29, 1.82) is 0 Å². The molecule has 3 N–H and O–H groups in total. The van der Waals surface area contributed by atoms with E-state index in [0.29, 0.717) is 28.1 Å². The van der Waals surface area contributed by atoms with E-state index in [4.69, 9.17) is 34.3 Å². The molecule has 0 bridgehead atoms. The van der Waals surface area contributed by atoms with Gasteiger partial charge < -0.3 is 15.8 Å². The van der Waals surface area contributed by atoms with E-state index in [1.165, 1.54) is 0 Å². The Kier molecular flexibility index (Phi) is 6.39. The van der Waals surface area contributed by atoms with Gasteiger partial charge in [-0.25, -0.2) is 0 Å². The van der Waals surface area contributed by atoms with E-state index in [-0.39, 0.29) is 0 Å². The van der Waals surface area contributed by atoms with Gasteiger partial charge in [0.2, 0.25) is 0 Å². The highest BCUT2D eigenvalue weighted by molar-refractivity contribution is 7.80. The highest BCUT2D eigenvalue weighted by Gasteiger charge is 2.03. The topological polar surface area (TPSA) is 47.3 Å². The molecule has 0 aromatic heterocycles. The molecule has 0 amide bonds. The molecule has 1 aromatic rings. The number of benzene rings is 1. The molecule has 0 aliphatic rings. The number of rotatable bonds is 7. The maximum absolute atomic E-state index is 6.07. The number of thiocarbonyl (C=S) groups is 1. The molecule has 0 saturated carbocycles. The zero-order valence-corrected chi connectivity index (χ0v) is 12.3. The highest BCUT2D eigenvalue weighted by Crippen LogP contribution is 2.20. The summed E-state index contributed by atoms with van der Waals surface area (Å²) in [6, 6.07) is 5.54. The third kappa shape index (κ3) is 5.21. The lowest BCUT2D eigenvalue weighted by Crippen LogP contribution is -2.13. The summed E-state index contributed by atoms with van der Waals surface area (Å²) in [5.74, 6) is 0.560. The molecule has 1 aromatic carbocycles. The fourth-order valence-electron chi connectivity index (χ4n) is 1.41. The van der Waals surface area contributed by atoms with Gasteiger partial charge in [0.15, 0.2) is 0 Å². The van der Waals surface area contributed by atoms with Crippen LogP contribution in [0.1, 0.15) is 19.4 Å². The van der Waals surface area contributed by atoms with Gasteiger partial charge in [-0.2, -0.15) is 0 Å². The minimum absolute atomic E-state index is 0.312. The SMILES string of the molecule is CC(C)COCCNc1ccc(C(N)=S)c(Cl)c1. The standard InChI is InChI=1S/C13H19ClN2OS/c1-9(2)8-17-6-5-16-10-3-4-11(13(15)18)12(14)7-10/h3-4,7,9,16H,5-6,8H2,1-2H3,(H2,15,18). The summed E-state index contributed by atoms with van der Waals surface area (Å²) in [6.07, 6.45) is 0. The van der Waals surface area contributed by atoms with Gasteiger partial charge in [-0.05, 0) is 24.1 Å². The number of anilines is 1. The van der Waals surface area contributed by atoms with Crippen LogP contribution in [0, 0.1) is 5.92 Å². The Labute approximate surface area is 119 Å². The van der Waals surface area contributed by atoms with E-state index in [9.17, 15) is 0 Å². The van der Waals surface area contributed by atoms with Crippen molar-refractivity contribution < 1.29 is 4.74 Å². The van der Waals surface area contributed by atoms with Gasteiger partial charge in [0.25, 0.3) is 0 Å². The van der Waals surface area contributed by atoms with Crippen LogP contribution in [0.3, 0.4) is 0 Å². The van der Waals surface area contributed by atoms with E-state index in [2.05, 4.69) is 19.2 Å². The first-order valence-electron chi connectivity index (χ1n) is 5.91. The lowest BCUT2D eigenvalue weighted by molar-refractivity contribution is 0.118. The van der Waals surface area contributed by atoms with Crippen molar-refractivity contribution in [2.45, 2.75) is 13.8 Å². The van der Waals surface area contributed by atoms with Gasteiger partial charge in [-0.1, -0.05) is 37.7 Å². The molecule has 0 aliphatic carbocycles. The predicted octanol–water partition coefficient (Wildman–Crippen LogP) is 3.06. The molecule has 0 unspecified atom stereocenters. The maximum atomic E-state index is 6.07. The van der Waals surface area contributed by atoms with Crippen molar-refractivity contribution in [1.82, 2.24) is 0 Å². The molecule has 100 valence electrons. The first-order chi connectivity index (χ1) is 8.50. The zero-order valence-electron chi connectivity index (χ0n) is 10.7. The second-order valence-corrected chi connectivity index (χ2v) is 5.30. The van der Waals surface area contributed by atoms with Gasteiger partial charge >= 0.3 is 0 Å². The maximum Gasteiger partial charge on any atom is 0.105 e. The summed E-state index contributed by atoms with van der Waals surface area (Å²) in [5, 5.41) is 3.80. The Hall–Kier alpha value is -0.840. The van der Waals surface area contributed by atoms with Crippen LogP contribution in [-0.2, 0) is 4.74 Å². The Morgan fingerprint density at radius 3 is 2.78 bits per heavy atom. The third-order valence-corrected chi connectivity index (χ3v) is 2.79. The van der Waals surface area contributed by atoms with E-state index in [1.54, 1.807) is 0 Å². The van der Waals surface area contributed by atoms with Gasteiger partial charge in [0.1, 0.15) is 4.99 Å². The molecule has 5 heteroatoms. The van der Waals surface area contributed by atoms with Crippen molar-refractivity contribution in [3.05, 3.63) is 28.8 Å². The average Bonchev–Trinajstić information content (AvgIpc) is 2.27. The fourth-order valence-corrected chi connectivity index (χ4v) is 1.93. The van der Waals surface area contributed by atoms with Crippen LogP contribution in [-0.4, -0.2) is 24.7 Å². The van der Waals surface area contributed by atoms with E-state index in [1.807, 2.05) is 18.2 Å². The lowest BCUT2D eigenvalue weighted by Gasteiger charge is -2.10. The van der Waals surface area contributed by atoms with Gasteiger partial charge in [-0.15, -0.1) is 0 Å². The van der Waals surface area contributed by atoms with E-state index >= 15 is 0 Å². The molecule has 0 atom stereocenters. The van der Waals surface area contributed by atoms with Crippen LogP contribution in [0.25, 0.3) is 0 Å². The minimum atomic E-state index is 0.312. The number of halogens is 1. The number of hydrogen-bond acceptors (Lipinski definition) is 3. The predicted molar refractivity (Wildman–Crippen MR) is 81.5 cm³/mol. The lowest BCUT2D eigenvalue weighted by atomic mass is 10.2. The van der Waals surface area contributed by atoms with Crippen LogP contribution >= 0.6 is 23.8 Å². The molecule has 3 nitrogen and oxygen atoms in total. The molecular formula is C13H19ClN2OS. The number of nitrogens with one attached hydrogen (secondary N) is 1. The van der Waals surface area contributed by atoms with Crippen molar-refractivity contribution in [2.75, 3.05) is 25.1 Å². The second kappa shape index (κ2) is 7.56. The molecular weight excluding hydrogens is 268 g/mol. The smallest absolute Gasteiger partial charge is 0.105 e. The molecule has 0 fully saturated rings. The average molecular weight is 287 g/mol. The molecule has 1 rings (SSSR count). The van der Waals surface area contributed by atoms with Gasteiger partial charge in [0, 0.05) is 24.4 Å². The van der Waals surface area contributed by atoms with Crippen LogP contribution in [0.15, 0.2) is 18.2 Å². The van der Waals surface area contributed by atoms with Gasteiger partial charge in [-0.3, -0.25) is 0 Å². The van der Waals surface area contributed by atoms with Crippen LogP contribution in [0.4, 0.5) is 5.69 Å². The summed E-state index contributed by atoms with van der Waals surface area (Å²) in [5.41, 5.74) is 7.18. The van der Waals surface area contributed by atoms with Crippen LogP contribution in [0.5, 0.6) is 0 Å². The fraction of sp³-hybridized carbons (Fsp3) is 0.462.